The Kier molecular flexibility index (Phi) is 2.40. The van der Waals surface area contributed by atoms with Gasteiger partial charge in [-0.1, -0.05) is 11.6 Å². The Bertz CT molecular complexity index is 264. The molecule has 0 atom stereocenters. The summed E-state index contributed by atoms with van der Waals surface area (Å²) in [5.41, 5.74) is 0.260. The predicted molar refractivity (Wildman–Crippen MR) is 42.3 cm³/mol. The maximum atomic E-state index is 10.2. The number of carbonyl (C=O) groups is 1. The molecule has 0 fully saturated rings. The average Bonchev–Trinajstić information content (AvgIpc) is 1.94. The number of halogens is 2. The van der Waals surface area contributed by atoms with Gasteiger partial charge in [-0.15, -0.1) is 0 Å². The molecule has 52 valence electrons. The van der Waals surface area contributed by atoms with E-state index >= 15 is 0 Å². The molecule has 0 aliphatic carbocycles. The maximum Gasteiger partial charge on any atom is 0.170 e. The van der Waals surface area contributed by atoms with Crippen LogP contribution in [0.3, 0.4) is 0 Å². The number of hydrogen-bond donors (Lipinski definition) is 0. The second-order valence-corrected chi connectivity index (χ2v) is 2.84. The molecule has 1 rings (SSSR count). The van der Waals surface area contributed by atoms with Gasteiger partial charge in [0.2, 0.25) is 0 Å². The van der Waals surface area contributed by atoms with Crippen LogP contribution in [0.15, 0.2) is 16.7 Å². The van der Waals surface area contributed by atoms with Crippen LogP contribution in [0.2, 0.25) is 5.02 Å². The highest BCUT2D eigenvalue weighted by Crippen LogP contribution is 2.14. The third-order valence-electron chi connectivity index (χ3n) is 0.951. The van der Waals surface area contributed by atoms with Crippen molar-refractivity contribution in [3.63, 3.8) is 0 Å². The number of hydrogen-bond acceptors (Lipinski definition) is 2. The first-order valence-corrected chi connectivity index (χ1v) is 3.68. The zero-order chi connectivity index (χ0) is 7.56. The van der Waals surface area contributed by atoms with E-state index in [1.807, 2.05) is 0 Å². The molecule has 0 saturated carbocycles. The fourth-order valence-corrected chi connectivity index (χ4v) is 0.989. The zero-order valence-electron chi connectivity index (χ0n) is 4.84. The molecule has 4 heteroatoms. The Balaban J connectivity index is 3.21. The molecule has 10 heavy (non-hydrogen) atoms. The average molecular weight is 220 g/mol. The summed E-state index contributed by atoms with van der Waals surface area (Å²) in [5.74, 6) is 0. The Morgan fingerprint density at radius 2 is 2.30 bits per heavy atom. The quantitative estimate of drug-likeness (QED) is 0.537. The Morgan fingerprint density at radius 3 is 2.80 bits per heavy atom. The van der Waals surface area contributed by atoms with Gasteiger partial charge in [0, 0.05) is 0 Å². The third-order valence-corrected chi connectivity index (χ3v) is 1.71. The molecule has 0 amide bonds. The van der Waals surface area contributed by atoms with Crippen molar-refractivity contribution in [3.8, 4) is 0 Å². The van der Waals surface area contributed by atoms with E-state index in [4.69, 9.17) is 11.6 Å². The molecule has 0 radical (unpaired) electrons. The van der Waals surface area contributed by atoms with Gasteiger partial charge in [0.15, 0.2) is 6.29 Å². The number of carbonyl (C=O) groups excluding carboxylic acids is 1. The second-order valence-electron chi connectivity index (χ2n) is 1.62. The molecule has 2 nitrogen and oxygen atoms in total. The van der Waals surface area contributed by atoms with Crippen molar-refractivity contribution in [3.05, 3.63) is 27.5 Å². The van der Waals surface area contributed by atoms with E-state index in [-0.39, 0.29) is 5.69 Å². The Labute approximate surface area is 71.3 Å². The molecular weight excluding hydrogens is 217 g/mol. The van der Waals surface area contributed by atoms with E-state index in [9.17, 15) is 4.79 Å². The summed E-state index contributed by atoms with van der Waals surface area (Å²) in [7, 11) is 0. The minimum atomic E-state index is 0.260. The van der Waals surface area contributed by atoms with Crippen molar-refractivity contribution >= 4 is 33.8 Å². The van der Waals surface area contributed by atoms with Gasteiger partial charge in [0.25, 0.3) is 0 Å². The summed E-state index contributed by atoms with van der Waals surface area (Å²) in [6, 6.07) is 3.29. The maximum absolute atomic E-state index is 10.2. The standard InChI is InChI=1S/C6H3BrClNO/c7-6-2-1-4(8)5(3-10)9-6/h1-3H. The van der Waals surface area contributed by atoms with E-state index in [1.54, 1.807) is 12.1 Å². The van der Waals surface area contributed by atoms with Gasteiger partial charge in [-0.3, -0.25) is 4.79 Å². The highest BCUT2D eigenvalue weighted by atomic mass is 79.9. The number of aromatic nitrogens is 1. The minimum absolute atomic E-state index is 0.260. The van der Waals surface area contributed by atoms with E-state index < -0.39 is 0 Å². The summed E-state index contributed by atoms with van der Waals surface area (Å²) in [5, 5.41) is 0.373. The molecular formula is C6H3BrClNO. The first kappa shape index (κ1) is 7.69. The first-order valence-electron chi connectivity index (χ1n) is 2.51. The normalized spacial score (nSPS) is 9.40. The van der Waals surface area contributed by atoms with Gasteiger partial charge in [-0.05, 0) is 28.1 Å². The van der Waals surface area contributed by atoms with Crippen LogP contribution in [0.5, 0.6) is 0 Å². The summed E-state index contributed by atoms with van der Waals surface area (Å²) in [6.45, 7) is 0. The van der Waals surface area contributed by atoms with E-state index in [0.717, 1.165) is 0 Å². The minimum Gasteiger partial charge on any atom is -0.296 e. The molecule has 0 aliphatic heterocycles. The number of nitrogens with zero attached hydrogens (tertiary/aromatic N) is 1. The van der Waals surface area contributed by atoms with E-state index in [1.165, 1.54) is 0 Å². The lowest BCUT2D eigenvalue weighted by Gasteiger charge is -1.93. The lowest BCUT2D eigenvalue weighted by Crippen LogP contribution is -1.87. The molecule has 0 N–H and O–H groups in total. The van der Waals surface area contributed by atoms with E-state index in [2.05, 4.69) is 20.9 Å². The van der Waals surface area contributed by atoms with Gasteiger partial charge < -0.3 is 0 Å². The first-order chi connectivity index (χ1) is 4.74. The lowest BCUT2D eigenvalue weighted by molar-refractivity contribution is 0.111. The summed E-state index contributed by atoms with van der Waals surface area (Å²) >= 11 is 8.69. The van der Waals surface area contributed by atoms with Gasteiger partial charge in [-0.2, -0.15) is 0 Å². The van der Waals surface area contributed by atoms with Crippen LogP contribution >= 0.6 is 27.5 Å². The highest BCUT2D eigenvalue weighted by Gasteiger charge is 1.99. The molecule has 0 unspecified atom stereocenters. The summed E-state index contributed by atoms with van der Waals surface area (Å²) < 4.78 is 0.610. The third kappa shape index (κ3) is 1.55. The van der Waals surface area contributed by atoms with Gasteiger partial charge >= 0.3 is 0 Å². The van der Waals surface area contributed by atoms with Crippen molar-refractivity contribution in [2.75, 3.05) is 0 Å². The van der Waals surface area contributed by atoms with Crippen molar-refractivity contribution < 1.29 is 4.79 Å². The van der Waals surface area contributed by atoms with Gasteiger partial charge in [0.05, 0.1) is 5.02 Å². The second kappa shape index (κ2) is 3.12. The van der Waals surface area contributed by atoms with Crippen LogP contribution in [0, 0.1) is 0 Å². The monoisotopic (exact) mass is 219 g/mol. The fraction of sp³-hybridized carbons (Fsp3) is 0. The largest absolute Gasteiger partial charge is 0.296 e. The summed E-state index contributed by atoms with van der Waals surface area (Å²) in [4.78, 5) is 14.0. The molecule has 0 aliphatic rings. The predicted octanol–water partition coefficient (Wildman–Crippen LogP) is 2.31. The number of pyridine rings is 1. The van der Waals surface area contributed by atoms with Crippen LogP contribution < -0.4 is 0 Å². The van der Waals surface area contributed by atoms with Crippen LogP contribution in [0.1, 0.15) is 10.5 Å². The molecule has 1 aromatic rings. The van der Waals surface area contributed by atoms with Gasteiger partial charge in [0.1, 0.15) is 10.3 Å². The number of aldehydes is 1. The topological polar surface area (TPSA) is 30.0 Å². The SMILES string of the molecule is O=Cc1nc(Br)ccc1Cl. The van der Waals surface area contributed by atoms with E-state index in [0.29, 0.717) is 15.9 Å². The Morgan fingerprint density at radius 1 is 1.60 bits per heavy atom. The highest BCUT2D eigenvalue weighted by molar-refractivity contribution is 9.10. The fourth-order valence-electron chi connectivity index (χ4n) is 0.516. The van der Waals surface area contributed by atoms with Crippen LogP contribution in [0.4, 0.5) is 0 Å². The molecule has 1 aromatic heterocycles. The molecule has 0 saturated heterocycles. The lowest BCUT2D eigenvalue weighted by atomic mass is 10.4. The molecule has 0 spiro atoms. The van der Waals surface area contributed by atoms with Crippen molar-refractivity contribution in [1.82, 2.24) is 4.98 Å². The van der Waals surface area contributed by atoms with Gasteiger partial charge in [-0.25, -0.2) is 4.98 Å². The molecule has 0 bridgehead atoms. The van der Waals surface area contributed by atoms with Crippen LogP contribution in [-0.2, 0) is 0 Å². The Hall–Kier alpha value is -0.410. The molecule has 0 aromatic carbocycles. The smallest absolute Gasteiger partial charge is 0.170 e. The van der Waals surface area contributed by atoms with Crippen LogP contribution in [0.25, 0.3) is 0 Å². The van der Waals surface area contributed by atoms with Crippen molar-refractivity contribution in [1.29, 1.82) is 0 Å². The van der Waals surface area contributed by atoms with Crippen LogP contribution in [-0.4, -0.2) is 11.3 Å². The molecule has 1 heterocycles. The number of rotatable bonds is 1. The zero-order valence-corrected chi connectivity index (χ0v) is 7.19. The summed E-state index contributed by atoms with van der Waals surface area (Å²) in [6.07, 6.45) is 0.618. The van der Waals surface area contributed by atoms with Crippen molar-refractivity contribution in [2.24, 2.45) is 0 Å². The van der Waals surface area contributed by atoms with Crippen molar-refractivity contribution in [2.45, 2.75) is 0 Å².